The van der Waals surface area contributed by atoms with Crippen LogP contribution in [0, 0.1) is 0 Å². The van der Waals surface area contributed by atoms with Crippen LogP contribution in [0.4, 0.5) is 0 Å². The van der Waals surface area contributed by atoms with E-state index < -0.39 is 0 Å². The van der Waals surface area contributed by atoms with Gasteiger partial charge in [-0.2, -0.15) is 5.10 Å². The summed E-state index contributed by atoms with van der Waals surface area (Å²) in [7, 11) is 1.61. The van der Waals surface area contributed by atoms with E-state index in [0.717, 1.165) is 44.7 Å². The van der Waals surface area contributed by atoms with Crippen molar-refractivity contribution >= 4 is 17.5 Å². The summed E-state index contributed by atoms with van der Waals surface area (Å²) >= 11 is 0. The smallest absolute Gasteiger partial charge is 0.256 e. The van der Waals surface area contributed by atoms with Crippen LogP contribution in [0.1, 0.15) is 60.5 Å². The lowest BCUT2D eigenvalue weighted by molar-refractivity contribution is -0.133. The maximum atomic E-state index is 12.8. The van der Waals surface area contributed by atoms with Gasteiger partial charge in [0.2, 0.25) is 5.91 Å². The Hall–Kier alpha value is -2.48. The lowest BCUT2D eigenvalue weighted by Crippen LogP contribution is -2.44. The van der Waals surface area contributed by atoms with Gasteiger partial charge in [0, 0.05) is 37.9 Å². The molecule has 4 heterocycles. The molecule has 2 aromatic rings. The maximum Gasteiger partial charge on any atom is 0.256 e. The maximum absolute atomic E-state index is 12.8. The van der Waals surface area contributed by atoms with Crippen LogP contribution in [-0.2, 0) is 4.79 Å². The lowest BCUT2D eigenvalue weighted by atomic mass is 9.93. The van der Waals surface area contributed by atoms with Crippen LogP contribution in [0.15, 0.2) is 18.5 Å². The molecule has 0 spiro atoms. The first kappa shape index (κ1) is 19.8. The molecule has 1 N–H and O–H groups in total. The molecule has 0 saturated carbocycles. The summed E-state index contributed by atoms with van der Waals surface area (Å²) in [6.07, 6.45) is 10.1. The first-order valence-corrected chi connectivity index (χ1v) is 10.7. The number of aromatic nitrogens is 3. The highest BCUT2D eigenvalue weighted by atomic mass is 16.2. The highest BCUT2D eigenvalue weighted by Gasteiger charge is 2.27. The largest absolute Gasteiger partial charge is 0.355 e. The van der Waals surface area contributed by atoms with Crippen molar-refractivity contribution in [3.8, 4) is 0 Å². The predicted octanol–water partition coefficient (Wildman–Crippen LogP) is 1.67. The zero-order valence-electron chi connectivity index (χ0n) is 17.1. The molecule has 0 atom stereocenters. The summed E-state index contributed by atoms with van der Waals surface area (Å²) in [6, 6.07) is 1.98. The van der Waals surface area contributed by atoms with Crippen molar-refractivity contribution in [3.63, 3.8) is 0 Å². The molecular weight excluding hydrogens is 368 g/mol. The Kier molecular flexibility index (Phi) is 6.08. The highest BCUT2D eigenvalue weighted by Crippen LogP contribution is 2.28. The molecule has 2 fully saturated rings. The van der Waals surface area contributed by atoms with Gasteiger partial charge in [-0.15, -0.1) is 0 Å². The van der Waals surface area contributed by atoms with Crippen LogP contribution < -0.4 is 5.32 Å². The standard InChI is InChI=1S/C21H30N6O2/c1-22-21(29)17-14-24-27-18(6-9-23-20(17)27)16-7-12-26(13-8-16)19(28)15-25-10-4-2-3-5-11-25/h6,9,14,16H,2-5,7-8,10-13,15H2,1H3,(H,22,29). The van der Waals surface area contributed by atoms with Crippen molar-refractivity contribution in [2.45, 2.75) is 44.4 Å². The number of hydrogen-bond acceptors (Lipinski definition) is 5. The Bertz CT molecular complexity index is 863. The number of carbonyl (C=O) groups is 2. The van der Waals surface area contributed by atoms with E-state index in [2.05, 4.69) is 20.3 Å². The van der Waals surface area contributed by atoms with E-state index in [0.29, 0.717) is 23.7 Å². The number of carbonyl (C=O) groups excluding carboxylic acids is 2. The minimum atomic E-state index is -0.182. The molecule has 29 heavy (non-hydrogen) atoms. The number of amides is 2. The predicted molar refractivity (Wildman–Crippen MR) is 110 cm³/mol. The van der Waals surface area contributed by atoms with Crippen molar-refractivity contribution < 1.29 is 9.59 Å². The Morgan fingerprint density at radius 1 is 1.10 bits per heavy atom. The average molecular weight is 399 g/mol. The minimum absolute atomic E-state index is 0.182. The van der Waals surface area contributed by atoms with E-state index in [1.54, 1.807) is 24.0 Å². The summed E-state index contributed by atoms with van der Waals surface area (Å²) in [5, 5.41) is 7.04. The topological polar surface area (TPSA) is 82.8 Å². The number of fused-ring (bicyclic) bond motifs is 1. The molecule has 4 rings (SSSR count). The zero-order chi connectivity index (χ0) is 20.2. The Morgan fingerprint density at radius 2 is 1.83 bits per heavy atom. The van der Waals surface area contributed by atoms with Gasteiger partial charge < -0.3 is 10.2 Å². The summed E-state index contributed by atoms with van der Waals surface area (Å²) in [5.74, 6) is 0.380. The average Bonchev–Trinajstić information content (AvgIpc) is 3.03. The van der Waals surface area contributed by atoms with Gasteiger partial charge in [-0.1, -0.05) is 12.8 Å². The minimum Gasteiger partial charge on any atom is -0.355 e. The van der Waals surface area contributed by atoms with E-state index in [1.807, 2.05) is 11.0 Å². The van der Waals surface area contributed by atoms with Crippen molar-refractivity contribution in [3.05, 3.63) is 29.7 Å². The monoisotopic (exact) mass is 398 g/mol. The number of hydrogen-bond donors (Lipinski definition) is 1. The van der Waals surface area contributed by atoms with E-state index in [9.17, 15) is 9.59 Å². The molecule has 0 unspecified atom stereocenters. The highest BCUT2D eigenvalue weighted by molar-refractivity contribution is 5.99. The quantitative estimate of drug-likeness (QED) is 0.847. The van der Waals surface area contributed by atoms with Gasteiger partial charge in [0.1, 0.15) is 5.56 Å². The molecule has 0 radical (unpaired) electrons. The molecule has 8 nitrogen and oxygen atoms in total. The Morgan fingerprint density at radius 3 is 2.52 bits per heavy atom. The van der Waals surface area contributed by atoms with E-state index in [1.165, 1.54) is 25.7 Å². The number of likely N-dealkylation sites (tertiary alicyclic amines) is 2. The van der Waals surface area contributed by atoms with E-state index in [-0.39, 0.29) is 11.8 Å². The van der Waals surface area contributed by atoms with Gasteiger partial charge in [-0.05, 0) is 44.8 Å². The normalized spacial score (nSPS) is 19.3. The Labute approximate surface area is 171 Å². The molecule has 2 aliphatic heterocycles. The molecule has 0 bridgehead atoms. The fourth-order valence-corrected chi connectivity index (χ4v) is 4.52. The SMILES string of the molecule is CNC(=O)c1cnn2c(C3CCN(C(=O)CN4CCCCCC4)CC3)ccnc12. The molecule has 2 aliphatic rings. The van der Waals surface area contributed by atoms with Gasteiger partial charge in [0.25, 0.3) is 5.91 Å². The van der Waals surface area contributed by atoms with Crippen LogP contribution in [0.25, 0.3) is 5.65 Å². The fraction of sp³-hybridized carbons (Fsp3) is 0.619. The van der Waals surface area contributed by atoms with Crippen LogP contribution in [0.5, 0.6) is 0 Å². The molecule has 156 valence electrons. The van der Waals surface area contributed by atoms with Crippen LogP contribution in [0.2, 0.25) is 0 Å². The molecule has 2 aromatic heterocycles. The van der Waals surface area contributed by atoms with Gasteiger partial charge in [-0.25, -0.2) is 9.50 Å². The molecule has 2 saturated heterocycles. The van der Waals surface area contributed by atoms with Crippen LogP contribution in [0.3, 0.4) is 0 Å². The first-order valence-electron chi connectivity index (χ1n) is 10.7. The van der Waals surface area contributed by atoms with Crippen molar-refractivity contribution in [2.24, 2.45) is 0 Å². The summed E-state index contributed by atoms with van der Waals surface area (Å²) in [5.41, 5.74) is 2.13. The first-order chi connectivity index (χ1) is 14.2. The second-order valence-electron chi connectivity index (χ2n) is 8.09. The fourth-order valence-electron chi connectivity index (χ4n) is 4.52. The second-order valence-corrected chi connectivity index (χ2v) is 8.09. The molecule has 0 aliphatic carbocycles. The third-order valence-corrected chi connectivity index (χ3v) is 6.23. The van der Waals surface area contributed by atoms with Crippen molar-refractivity contribution in [1.82, 2.24) is 29.7 Å². The summed E-state index contributed by atoms with van der Waals surface area (Å²) in [6.45, 7) is 4.18. The summed E-state index contributed by atoms with van der Waals surface area (Å²) < 4.78 is 1.78. The molecule has 8 heteroatoms. The van der Waals surface area contributed by atoms with E-state index in [4.69, 9.17) is 0 Å². The van der Waals surface area contributed by atoms with Gasteiger partial charge in [0.15, 0.2) is 5.65 Å². The van der Waals surface area contributed by atoms with Crippen LogP contribution >= 0.6 is 0 Å². The molecule has 0 aromatic carbocycles. The van der Waals surface area contributed by atoms with Crippen molar-refractivity contribution in [1.29, 1.82) is 0 Å². The second kappa shape index (κ2) is 8.90. The lowest BCUT2D eigenvalue weighted by Gasteiger charge is -2.33. The third-order valence-electron chi connectivity index (χ3n) is 6.23. The molecule has 2 amide bonds. The van der Waals surface area contributed by atoms with Gasteiger partial charge >= 0.3 is 0 Å². The summed E-state index contributed by atoms with van der Waals surface area (Å²) in [4.78, 5) is 33.5. The number of rotatable bonds is 4. The Balaban J connectivity index is 1.40. The molecular formula is C21H30N6O2. The third kappa shape index (κ3) is 4.27. The van der Waals surface area contributed by atoms with E-state index >= 15 is 0 Å². The van der Waals surface area contributed by atoms with Gasteiger partial charge in [-0.3, -0.25) is 14.5 Å². The van der Waals surface area contributed by atoms with Gasteiger partial charge in [0.05, 0.1) is 12.7 Å². The van der Waals surface area contributed by atoms with Crippen molar-refractivity contribution in [2.75, 3.05) is 39.8 Å². The number of piperidine rings is 1. The zero-order valence-corrected chi connectivity index (χ0v) is 17.1. The van der Waals surface area contributed by atoms with Crippen LogP contribution in [-0.4, -0.2) is 76.0 Å². The number of nitrogens with zero attached hydrogens (tertiary/aromatic N) is 5. The number of nitrogens with one attached hydrogen (secondary N) is 1.